The van der Waals surface area contributed by atoms with Crippen LogP contribution in [-0.2, 0) is 0 Å². The van der Waals surface area contributed by atoms with Crippen LogP contribution in [0, 0.1) is 5.21 Å². The normalized spacial score (nSPS) is 12.5. The maximum Gasteiger partial charge on any atom is 0.363 e. The average molecular weight is 153 g/mol. The minimum absolute atomic E-state index is 0.271. The molecule has 5 heteroatoms. The van der Waals surface area contributed by atoms with Crippen LogP contribution in [-0.4, -0.2) is 10.9 Å². The summed E-state index contributed by atoms with van der Waals surface area (Å²) in [6, 6.07) is 2.88. The van der Waals surface area contributed by atoms with Gasteiger partial charge in [0.1, 0.15) is 0 Å². The molecule has 0 radical (unpaired) electrons. The van der Waals surface area contributed by atoms with Gasteiger partial charge in [0, 0.05) is 12.4 Å². The molecule has 0 aromatic carbocycles. The first-order chi connectivity index (χ1) is 5.22. The molecule has 0 aliphatic rings. The first kappa shape index (κ1) is 7.80. The van der Waals surface area contributed by atoms with Crippen molar-refractivity contribution in [2.24, 2.45) is 5.84 Å². The maximum absolute atomic E-state index is 10.8. The standard InChI is InChI=1S/C6H7N3O2/c7-9(11)6(10)5-1-3-8-4-2-5/h1-4,9H,7H2. The van der Waals surface area contributed by atoms with Gasteiger partial charge in [0.15, 0.2) is 0 Å². The van der Waals surface area contributed by atoms with Gasteiger partial charge in [-0.3, -0.25) is 4.98 Å². The molecule has 1 unspecified atom stereocenters. The molecule has 0 spiro atoms. The Morgan fingerprint density at radius 1 is 1.55 bits per heavy atom. The summed E-state index contributed by atoms with van der Waals surface area (Å²) in [7, 11) is 0. The van der Waals surface area contributed by atoms with Gasteiger partial charge < -0.3 is 5.21 Å². The summed E-state index contributed by atoms with van der Waals surface area (Å²) in [5.74, 6) is 4.07. The van der Waals surface area contributed by atoms with Gasteiger partial charge in [-0.2, -0.15) is 5.84 Å². The number of nitrogens with two attached hydrogens (primary N) is 1. The van der Waals surface area contributed by atoms with E-state index in [-0.39, 0.29) is 5.56 Å². The zero-order chi connectivity index (χ0) is 8.27. The van der Waals surface area contributed by atoms with Gasteiger partial charge in [0.2, 0.25) is 0 Å². The topological polar surface area (TPSA) is 83.5 Å². The smallest absolute Gasteiger partial charge is 0.363 e. The lowest BCUT2D eigenvalue weighted by Crippen LogP contribution is -3.15. The Morgan fingerprint density at radius 3 is 2.55 bits per heavy atom. The van der Waals surface area contributed by atoms with Gasteiger partial charge in [-0.15, -0.1) is 0 Å². The molecule has 1 aromatic rings. The Hall–Kier alpha value is -1.30. The molecule has 3 N–H and O–H groups in total. The van der Waals surface area contributed by atoms with Gasteiger partial charge in [0.25, 0.3) is 0 Å². The molecular weight excluding hydrogens is 146 g/mol. The second-order valence-electron chi connectivity index (χ2n) is 1.93. The maximum atomic E-state index is 10.8. The monoisotopic (exact) mass is 153 g/mol. The molecule has 58 valence electrons. The Bertz CT molecular complexity index is 247. The summed E-state index contributed by atoms with van der Waals surface area (Å²) in [6.07, 6.45) is 2.85. The van der Waals surface area contributed by atoms with E-state index in [0.717, 1.165) is 0 Å². The number of hydrogen-bond donors (Lipinski definition) is 2. The number of rotatable bonds is 1. The van der Waals surface area contributed by atoms with Gasteiger partial charge in [-0.05, 0) is 12.1 Å². The Morgan fingerprint density at radius 2 is 2.09 bits per heavy atom. The van der Waals surface area contributed by atoms with Crippen LogP contribution in [0.1, 0.15) is 10.4 Å². The van der Waals surface area contributed by atoms with Crippen molar-refractivity contribution in [1.82, 2.24) is 4.98 Å². The highest BCUT2D eigenvalue weighted by molar-refractivity contribution is 5.86. The molecule has 1 aromatic heterocycles. The van der Waals surface area contributed by atoms with E-state index in [1.807, 2.05) is 0 Å². The second-order valence-corrected chi connectivity index (χ2v) is 1.93. The average Bonchev–Trinajstić information content (AvgIpc) is 2.05. The third-order valence-electron chi connectivity index (χ3n) is 1.17. The number of hydrogen-bond acceptors (Lipinski definition) is 4. The van der Waals surface area contributed by atoms with Crippen LogP contribution in [0.2, 0.25) is 0 Å². The van der Waals surface area contributed by atoms with Gasteiger partial charge in [-0.1, -0.05) is 0 Å². The summed E-state index contributed by atoms with van der Waals surface area (Å²) in [5, 5.41) is 9.40. The molecule has 5 nitrogen and oxygen atoms in total. The van der Waals surface area contributed by atoms with E-state index >= 15 is 0 Å². The fourth-order valence-electron chi connectivity index (χ4n) is 0.646. The Balaban J connectivity index is 2.86. The third kappa shape index (κ3) is 1.81. The molecule has 0 fully saturated rings. The Labute approximate surface area is 63.0 Å². The highest BCUT2D eigenvalue weighted by Crippen LogP contribution is 1.91. The van der Waals surface area contributed by atoms with E-state index in [2.05, 4.69) is 4.98 Å². The minimum Gasteiger partial charge on any atom is -0.606 e. The highest BCUT2D eigenvalue weighted by atomic mass is 16.5. The van der Waals surface area contributed by atoms with Crippen molar-refractivity contribution in [3.8, 4) is 0 Å². The summed E-state index contributed by atoms with van der Waals surface area (Å²) in [6.45, 7) is 0. The van der Waals surface area contributed by atoms with Crippen LogP contribution in [0.4, 0.5) is 0 Å². The molecular formula is C6H7N3O2. The molecule has 11 heavy (non-hydrogen) atoms. The van der Waals surface area contributed by atoms with Crippen molar-refractivity contribution in [2.45, 2.75) is 0 Å². The Kier molecular flexibility index (Phi) is 2.27. The number of carbonyl (C=O) groups excluding carboxylic acids is 1. The molecule has 0 saturated carbocycles. The number of amides is 1. The number of nitrogens with zero attached hydrogens (tertiary/aromatic N) is 1. The molecule has 1 atom stereocenters. The number of pyridine rings is 1. The zero-order valence-electron chi connectivity index (χ0n) is 5.65. The first-order valence-corrected chi connectivity index (χ1v) is 2.96. The molecule has 1 heterocycles. The highest BCUT2D eigenvalue weighted by Gasteiger charge is 2.09. The van der Waals surface area contributed by atoms with Crippen LogP contribution in [0.5, 0.6) is 0 Å². The van der Waals surface area contributed by atoms with Crippen molar-refractivity contribution in [2.75, 3.05) is 0 Å². The molecule has 0 saturated heterocycles. The van der Waals surface area contributed by atoms with Gasteiger partial charge in [-0.25, -0.2) is 9.97 Å². The number of quaternary nitrogens is 1. The molecule has 1 rings (SSSR count). The fraction of sp³-hybridized carbons (Fsp3) is 0. The number of nitrogens with one attached hydrogen (secondary N) is 1. The molecule has 0 aliphatic carbocycles. The molecule has 0 bridgehead atoms. The third-order valence-corrected chi connectivity index (χ3v) is 1.17. The van der Waals surface area contributed by atoms with E-state index in [9.17, 15) is 10.0 Å². The van der Waals surface area contributed by atoms with Crippen LogP contribution >= 0.6 is 0 Å². The lowest BCUT2D eigenvalue weighted by molar-refractivity contribution is -0.770. The minimum atomic E-state index is -0.948. The van der Waals surface area contributed by atoms with Crippen molar-refractivity contribution in [3.05, 3.63) is 35.3 Å². The van der Waals surface area contributed by atoms with Crippen LogP contribution in [0.15, 0.2) is 24.5 Å². The van der Waals surface area contributed by atoms with E-state index < -0.39 is 11.1 Å². The molecule has 1 amide bonds. The summed E-state index contributed by atoms with van der Waals surface area (Å²) >= 11 is 0. The van der Waals surface area contributed by atoms with Crippen molar-refractivity contribution >= 4 is 5.91 Å². The quantitative estimate of drug-likeness (QED) is 0.291. The largest absolute Gasteiger partial charge is 0.606 e. The summed E-state index contributed by atoms with van der Waals surface area (Å²) in [5.41, 5.74) is 0.271. The number of hydroxylamine groups is 1. The number of nitrogen functional groups attached to an aromatic ring is 1. The van der Waals surface area contributed by atoms with Crippen LogP contribution in [0.25, 0.3) is 0 Å². The lowest BCUT2D eigenvalue weighted by atomic mass is 10.2. The zero-order valence-corrected chi connectivity index (χ0v) is 5.65. The van der Waals surface area contributed by atoms with Crippen molar-refractivity contribution in [3.63, 3.8) is 0 Å². The lowest BCUT2D eigenvalue weighted by Gasteiger charge is -2.10. The summed E-state index contributed by atoms with van der Waals surface area (Å²) in [4.78, 5) is 14.5. The first-order valence-electron chi connectivity index (χ1n) is 2.96. The van der Waals surface area contributed by atoms with Crippen LogP contribution < -0.4 is 11.0 Å². The fourth-order valence-corrected chi connectivity index (χ4v) is 0.646. The SMILES string of the molecule is N[NH+]([O-])C(=O)c1ccncc1. The summed E-state index contributed by atoms with van der Waals surface area (Å²) < 4.78 is 0. The molecule has 0 aliphatic heterocycles. The second kappa shape index (κ2) is 3.20. The van der Waals surface area contributed by atoms with Gasteiger partial charge in [0.05, 0.1) is 5.56 Å². The van der Waals surface area contributed by atoms with E-state index in [1.165, 1.54) is 24.5 Å². The van der Waals surface area contributed by atoms with E-state index in [0.29, 0.717) is 0 Å². The number of aromatic nitrogens is 1. The predicted octanol–water partition coefficient (Wildman–Crippen LogP) is -1.52. The van der Waals surface area contributed by atoms with Crippen molar-refractivity contribution < 1.29 is 9.97 Å². The predicted molar refractivity (Wildman–Crippen MR) is 37.1 cm³/mol. The van der Waals surface area contributed by atoms with E-state index in [4.69, 9.17) is 5.84 Å². The van der Waals surface area contributed by atoms with Crippen LogP contribution in [0.3, 0.4) is 0 Å². The van der Waals surface area contributed by atoms with Gasteiger partial charge >= 0.3 is 5.91 Å². The van der Waals surface area contributed by atoms with Crippen molar-refractivity contribution in [1.29, 1.82) is 0 Å². The van der Waals surface area contributed by atoms with E-state index in [1.54, 1.807) is 0 Å². The number of carbonyl (C=O) groups is 1.